The summed E-state index contributed by atoms with van der Waals surface area (Å²) < 4.78 is 9.72. The highest BCUT2D eigenvalue weighted by Crippen LogP contribution is 2.09. The van der Waals surface area contributed by atoms with Crippen molar-refractivity contribution in [1.82, 2.24) is 0 Å². The van der Waals surface area contributed by atoms with E-state index in [0.29, 0.717) is 6.61 Å². The number of carbonyl (C=O) groups is 2. The second-order valence-electron chi connectivity index (χ2n) is 4.23. The molecule has 0 spiro atoms. The second-order valence-corrected chi connectivity index (χ2v) is 4.23. The molecule has 1 saturated heterocycles. The molecule has 1 heterocycles. The fourth-order valence-electron chi connectivity index (χ4n) is 0.506. The Morgan fingerprint density at radius 3 is 2.00 bits per heavy atom. The van der Waals surface area contributed by atoms with Crippen LogP contribution in [0.25, 0.3) is 0 Å². The van der Waals surface area contributed by atoms with Crippen molar-refractivity contribution in [2.75, 3.05) is 13.2 Å². The van der Waals surface area contributed by atoms with Crippen LogP contribution in [0.5, 0.6) is 0 Å². The van der Waals surface area contributed by atoms with Crippen molar-refractivity contribution in [2.24, 2.45) is 11.8 Å². The van der Waals surface area contributed by atoms with E-state index in [1.807, 2.05) is 13.8 Å². The molecular weight excluding hydrogens is 212 g/mol. The highest BCUT2D eigenvalue weighted by atomic mass is 16.6. The maximum absolute atomic E-state index is 10.8. The summed E-state index contributed by atoms with van der Waals surface area (Å²) in [6.45, 7) is 8.08. The minimum absolute atomic E-state index is 0.0289. The Kier molecular flexibility index (Phi) is 6.72. The SMILES string of the molecule is CC(C)C(=O)O.CC(C)C(=O)OCC1CO1. The number of epoxide rings is 1. The normalized spacial score (nSPS) is 17.8. The van der Waals surface area contributed by atoms with E-state index in [4.69, 9.17) is 14.6 Å². The average Bonchev–Trinajstić information content (AvgIpc) is 2.98. The van der Waals surface area contributed by atoms with Gasteiger partial charge in [-0.15, -0.1) is 0 Å². The van der Waals surface area contributed by atoms with Crippen LogP contribution in [0.1, 0.15) is 27.7 Å². The maximum atomic E-state index is 10.8. The van der Waals surface area contributed by atoms with E-state index < -0.39 is 5.97 Å². The number of carboxylic acid groups (broad SMARTS) is 1. The Bertz CT molecular complexity index is 231. The predicted octanol–water partition coefficient (Wildman–Crippen LogP) is 1.31. The van der Waals surface area contributed by atoms with Gasteiger partial charge >= 0.3 is 11.9 Å². The van der Waals surface area contributed by atoms with Gasteiger partial charge in [-0.1, -0.05) is 27.7 Å². The molecule has 0 aliphatic carbocycles. The number of ether oxygens (including phenoxy) is 2. The van der Waals surface area contributed by atoms with Crippen LogP contribution in [0.3, 0.4) is 0 Å². The van der Waals surface area contributed by atoms with Gasteiger partial charge in [-0.2, -0.15) is 0 Å². The fraction of sp³-hybridized carbons (Fsp3) is 0.818. The van der Waals surface area contributed by atoms with Gasteiger partial charge < -0.3 is 14.6 Å². The topological polar surface area (TPSA) is 76.1 Å². The molecule has 0 aromatic carbocycles. The number of aliphatic carboxylic acids is 1. The van der Waals surface area contributed by atoms with Crippen molar-refractivity contribution in [3.05, 3.63) is 0 Å². The minimum atomic E-state index is -0.741. The predicted molar refractivity (Wildman–Crippen MR) is 58.0 cm³/mol. The smallest absolute Gasteiger partial charge is 0.308 e. The minimum Gasteiger partial charge on any atom is -0.481 e. The molecule has 0 aromatic heterocycles. The van der Waals surface area contributed by atoms with E-state index in [-0.39, 0.29) is 23.9 Å². The molecule has 94 valence electrons. The summed E-state index contributed by atoms with van der Waals surface area (Å²) in [7, 11) is 0. The van der Waals surface area contributed by atoms with Crippen LogP contribution in [-0.2, 0) is 19.1 Å². The first kappa shape index (κ1) is 14.9. The molecule has 1 aliphatic rings. The van der Waals surface area contributed by atoms with Gasteiger partial charge in [-0.3, -0.25) is 9.59 Å². The molecule has 0 saturated carbocycles. The molecule has 1 atom stereocenters. The number of carboxylic acids is 1. The Labute approximate surface area is 95.7 Å². The molecule has 0 bridgehead atoms. The summed E-state index contributed by atoms with van der Waals surface area (Å²) in [5.74, 6) is -1.14. The summed E-state index contributed by atoms with van der Waals surface area (Å²) in [5.41, 5.74) is 0. The number of hydrogen-bond donors (Lipinski definition) is 1. The van der Waals surface area contributed by atoms with Crippen LogP contribution in [0, 0.1) is 11.8 Å². The van der Waals surface area contributed by atoms with Gasteiger partial charge in [-0.25, -0.2) is 0 Å². The van der Waals surface area contributed by atoms with Crippen LogP contribution in [0.2, 0.25) is 0 Å². The number of carbonyl (C=O) groups excluding carboxylic acids is 1. The molecule has 1 unspecified atom stereocenters. The fourth-order valence-corrected chi connectivity index (χ4v) is 0.506. The molecular formula is C11H20O5. The molecule has 1 N–H and O–H groups in total. The summed E-state index contributed by atoms with van der Waals surface area (Å²) in [4.78, 5) is 20.5. The molecule has 0 radical (unpaired) electrons. The molecule has 1 aliphatic heterocycles. The molecule has 0 amide bonds. The zero-order chi connectivity index (χ0) is 12.7. The van der Waals surface area contributed by atoms with Crippen LogP contribution in [0.15, 0.2) is 0 Å². The van der Waals surface area contributed by atoms with E-state index in [2.05, 4.69) is 0 Å². The van der Waals surface area contributed by atoms with E-state index >= 15 is 0 Å². The highest BCUT2D eigenvalue weighted by molar-refractivity contribution is 5.71. The van der Waals surface area contributed by atoms with E-state index in [1.54, 1.807) is 13.8 Å². The van der Waals surface area contributed by atoms with Crippen molar-refractivity contribution in [3.8, 4) is 0 Å². The van der Waals surface area contributed by atoms with Crippen LogP contribution >= 0.6 is 0 Å². The van der Waals surface area contributed by atoms with E-state index in [9.17, 15) is 9.59 Å². The van der Waals surface area contributed by atoms with Gasteiger partial charge in [0.25, 0.3) is 0 Å². The lowest BCUT2D eigenvalue weighted by atomic mass is 10.2. The Morgan fingerprint density at radius 2 is 1.75 bits per heavy atom. The second kappa shape index (κ2) is 7.22. The first-order valence-electron chi connectivity index (χ1n) is 5.35. The Morgan fingerprint density at radius 1 is 1.31 bits per heavy atom. The number of hydrogen-bond acceptors (Lipinski definition) is 4. The standard InChI is InChI=1S/C7H12O3.C4H8O2/c1-5(2)7(8)10-4-6-3-9-6;1-3(2)4(5)6/h5-6H,3-4H2,1-2H3;3H,1-2H3,(H,5,6). The van der Waals surface area contributed by atoms with Crippen LogP contribution in [0.4, 0.5) is 0 Å². The van der Waals surface area contributed by atoms with E-state index in [0.717, 1.165) is 6.61 Å². The summed E-state index contributed by atoms with van der Waals surface area (Å²) >= 11 is 0. The van der Waals surface area contributed by atoms with E-state index in [1.165, 1.54) is 0 Å². The zero-order valence-electron chi connectivity index (χ0n) is 10.2. The van der Waals surface area contributed by atoms with Gasteiger partial charge in [0.05, 0.1) is 18.4 Å². The lowest BCUT2D eigenvalue weighted by molar-refractivity contribution is -0.147. The molecule has 5 nitrogen and oxygen atoms in total. The molecule has 1 fully saturated rings. The largest absolute Gasteiger partial charge is 0.481 e. The van der Waals surface area contributed by atoms with Gasteiger partial charge in [0.1, 0.15) is 12.7 Å². The lowest BCUT2D eigenvalue weighted by Gasteiger charge is -2.03. The Hall–Kier alpha value is -1.10. The summed E-state index contributed by atoms with van der Waals surface area (Å²) in [6.07, 6.45) is 0.183. The van der Waals surface area contributed by atoms with Crippen LogP contribution in [-0.4, -0.2) is 36.4 Å². The van der Waals surface area contributed by atoms with Crippen molar-refractivity contribution in [1.29, 1.82) is 0 Å². The number of esters is 1. The molecule has 1 rings (SSSR count). The third kappa shape index (κ3) is 8.23. The molecule has 16 heavy (non-hydrogen) atoms. The third-order valence-electron chi connectivity index (χ3n) is 1.78. The Balaban J connectivity index is 0.000000325. The third-order valence-corrected chi connectivity index (χ3v) is 1.78. The maximum Gasteiger partial charge on any atom is 0.308 e. The quantitative estimate of drug-likeness (QED) is 0.584. The summed E-state index contributed by atoms with van der Waals surface area (Å²) in [5, 5.41) is 7.99. The molecule has 5 heteroatoms. The van der Waals surface area contributed by atoms with Gasteiger partial charge in [0, 0.05) is 0 Å². The first-order valence-corrected chi connectivity index (χ1v) is 5.35. The van der Waals surface area contributed by atoms with Gasteiger partial charge in [0.15, 0.2) is 0 Å². The van der Waals surface area contributed by atoms with Gasteiger partial charge in [0.2, 0.25) is 0 Å². The monoisotopic (exact) mass is 232 g/mol. The first-order chi connectivity index (χ1) is 7.34. The van der Waals surface area contributed by atoms with Gasteiger partial charge in [-0.05, 0) is 0 Å². The number of rotatable bonds is 4. The zero-order valence-corrected chi connectivity index (χ0v) is 10.2. The highest BCUT2D eigenvalue weighted by Gasteiger charge is 2.24. The van der Waals surface area contributed by atoms with Crippen molar-refractivity contribution < 1.29 is 24.2 Å². The average molecular weight is 232 g/mol. The van der Waals surface area contributed by atoms with Crippen LogP contribution < -0.4 is 0 Å². The van der Waals surface area contributed by atoms with Crippen molar-refractivity contribution in [3.63, 3.8) is 0 Å². The summed E-state index contributed by atoms with van der Waals surface area (Å²) in [6, 6.07) is 0. The lowest BCUT2D eigenvalue weighted by Crippen LogP contribution is -2.14. The van der Waals surface area contributed by atoms with Crippen molar-refractivity contribution >= 4 is 11.9 Å². The molecule has 0 aromatic rings. The van der Waals surface area contributed by atoms with Crippen molar-refractivity contribution in [2.45, 2.75) is 33.8 Å².